The van der Waals surface area contributed by atoms with Gasteiger partial charge >= 0.3 is 5.97 Å². The van der Waals surface area contributed by atoms with Crippen LogP contribution in [-0.2, 0) is 9.53 Å². The van der Waals surface area contributed by atoms with Gasteiger partial charge in [0.15, 0.2) is 0 Å². The number of carbonyl (C=O) groups excluding carboxylic acids is 1. The molecule has 0 aromatic rings. The van der Waals surface area contributed by atoms with Gasteiger partial charge in [0.2, 0.25) is 0 Å². The number of allylic oxidation sites excluding steroid dienone is 1. The van der Waals surface area contributed by atoms with E-state index in [1.54, 1.807) is 6.08 Å². The van der Waals surface area contributed by atoms with Crippen molar-refractivity contribution in [3.05, 3.63) is 11.6 Å². The fourth-order valence-corrected chi connectivity index (χ4v) is 0.996. The van der Waals surface area contributed by atoms with Crippen LogP contribution >= 0.6 is 0 Å². The molecule has 0 unspecified atom stereocenters. The lowest BCUT2D eigenvalue weighted by Gasteiger charge is -2.06. The molecule has 1 heterocycles. The fourth-order valence-electron chi connectivity index (χ4n) is 0.996. The molecule has 10 heavy (non-hydrogen) atoms. The second kappa shape index (κ2) is 2.86. The van der Waals surface area contributed by atoms with E-state index in [-0.39, 0.29) is 12.1 Å². The van der Waals surface area contributed by atoms with Crippen LogP contribution in [0.4, 0.5) is 0 Å². The van der Waals surface area contributed by atoms with Gasteiger partial charge in [0, 0.05) is 6.08 Å². The number of cyclic esters (lactones) is 1. The highest BCUT2D eigenvalue weighted by molar-refractivity contribution is 5.83. The monoisotopic (exact) mass is 140 g/mol. The number of hydrogen-bond donors (Lipinski definition) is 0. The molecule has 0 aliphatic carbocycles. The molecule has 2 heteroatoms. The van der Waals surface area contributed by atoms with Crippen LogP contribution < -0.4 is 0 Å². The van der Waals surface area contributed by atoms with Gasteiger partial charge in [-0.25, -0.2) is 4.79 Å². The highest BCUT2D eigenvalue weighted by Gasteiger charge is 2.11. The largest absolute Gasteiger partial charge is 0.460 e. The first-order valence-electron chi connectivity index (χ1n) is 3.56. The van der Waals surface area contributed by atoms with E-state index < -0.39 is 0 Å². The van der Waals surface area contributed by atoms with Crippen LogP contribution in [0.25, 0.3) is 0 Å². The Balaban J connectivity index is 2.62. The minimum Gasteiger partial charge on any atom is -0.460 e. The Bertz CT molecular complexity index is 170. The van der Waals surface area contributed by atoms with Gasteiger partial charge in [-0.2, -0.15) is 0 Å². The Kier molecular flexibility index (Phi) is 2.10. The standard InChI is InChI=1S/C8H12O2/c1-6-3-4-7(2)10-8(9)5-6/h5,7H,3-4H2,1-2H3/t7-/m1/s1. The van der Waals surface area contributed by atoms with Crippen molar-refractivity contribution in [1.82, 2.24) is 0 Å². The van der Waals surface area contributed by atoms with Crippen molar-refractivity contribution in [2.75, 3.05) is 0 Å². The number of esters is 1. The lowest BCUT2D eigenvalue weighted by atomic mass is 10.1. The Labute approximate surface area is 60.9 Å². The third-order valence-electron chi connectivity index (χ3n) is 1.63. The van der Waals surface area contributed by atoms with Gasteiger partial charge in [-0.05, 0) is 26.7 Å². The molecule has 0 fully saturated rings. The first kappa shape index (κ1) is 7.32. The summed E-state index contributed by atoms with van der Waals surface area (Å²) in [4.78, 5) is 10.8. The zero-order valence-electron chi connectivity index (χ0n) is 6.39. The third kappa shape index (κ3) is 1.87. The normalized spacial score (nSPS) is 26.8. The minimum absolute atomic E-state index is 0.0844. The molecule has 0 saturated heterocycles. The summed E-state index contributed by atoms with van der Waals surface area (Å²) in [5, 5.41) is 0. The Hall–Kier alpha value is -0.790. The summed E-state index contributed by atoms with van der Waals surface area (Å²) in [5.74, 6) is -0.192. The molecule has 1 atom stereocenters. The molecule has 0 N–H and O–H groups in total. The molecule has 0 aromatic heterocycles. The number of rotatable bonds is 0. The van der Waals surface area contributed by atoms with Gasteiger partial charge in [-0.1, -0.05) is 5.57 Å². The molecule has 1 rings (SSSR count). The van der Waals surface area contributed by atoms with Gasteiger partial charge in [0.25, 0.3) is 0 Å². The minimum atomic E-state index is -0.192. The lowest BCUT2D eigenvalue weighted by Crippen LogP contribution is -2.09. The molecular weight excluding hydrogens is 128 g/mol. The van der Waals surface area contributed by atoms with E-state index in [4.69, 9.17) is 4.74 Å². The average molecular weight is 140 g/mol. The SMILES string of the molecule is CC1=CC(=O)O[C@H](C)CC1. The Morgan fingerprint density at radius 3 is 3.10 bits per heavy atom. The van der Waals surface area contributed by atoms with Crippen molar-refractivity contribution in [2.45, 2.75) is 32.8 Å². The van der Waals surface area contributed by atoms with Crippen molar-refractivity contribution in [3.8, 4) is 0 Å². The first-order chi connectivity index (χ1) is 4.68. The van der Waals surface area contributed by atoms with E-state index in [9.17, 15) is 4.79 Å². The molecular formula is C8H12O2. The van der Waals surface area contributed by atoms with E-state index in [0.29, 0.717) is 0 Å². The number of ether oxygens (including phenoxy) is 1. The van der Waals surface area contributed by atoms with Crippen LogP contribution in [0.2, 0.25) is 0 Å². The molecule has 0 saturated carbocycles. The maximum absolute atomic E-state index is 10.8. The summed E-state index contributed by atoms with van der Waals surface area (Å²) in [7, 11) is 0. The molecule has 0 spiro atoms. The van der Waals surface area contributed by atoms with Crippen LogP contribution in [0.15, 0.2) is 11.6 Å². The zero-order valence-corrected chi connectivity index (χ0v) is 6.39. The molecule has 0 amide bonds. The molecule has 56 valence electrons. The van der Waals surface area contributed by atoms with Crippen LogP contribution in [0.5, 0.6) is 0 Å². The predicted octanol–water partition coefficient (Wildman–Crippen LogP) is 1.66. The van der Waals surface area contributed by atoms with Crippen molar-refractivity contribution in [3.63, 3.8) is 0 Å². The molecule has 2 nitrogen and oxygen atoms in total. The van der Waals surface area contributed by atoms with E-state index in [2.05, 4.69) is 0 Å². The van der Waals surface area contributed by atoms with Crippen molar-refractivity contribution >= 4 is 5.97 Å². The second-order valence-corrected chi connectivity index (χ2v) is 2.78. The maximum atomic E-state index is 10.8. The summed E-state index contributed by atoms with van der Waals surface area (Å²) >= 11 is 0. The highest BCUT2D eigenvalue weighted by Crippen LogP contribution is 2.13. The number of carbonyl (C=O) groups is 1. The molecule has 1 aliphatic heterocycles. The summed E-state index contributed by atoms with van der Waals surface area (Å²) < 4.78 is 4.97. The second-order valence-electron chi connectivity index (χ2n) is 2.78. The Morgan fingerprint density at radius 1 is 1.70 bits per heavy atom. The summed E-state index contributed by atoms with van der Waals surface area (Å²) in [6.45, 7) is 3.88. The van der Waals surface area contributed by atoms with Crippen molar-refractivity contribution in [2.24, 2.45) is 0 Å². The van der Waals surface area contributed by atoms with Gasteiger partial charge in [-0.15, -0.1) is 0 Å². The highest BCUT2D eigenvalue weighted by atomic mass is 16.5. The molecule has 0 radical (unpaired) electrons. The molecule has 0 aromatic carbocycles. The third-order valence-corrected chi connectivity index (χ3v) is 1.63. The van der Waals surface area contributed by atoms with Crippen molar-refractivity contribution < 1.29 is 9.53 Å². The summed E-state index contributed by atoms with van der Waals surface area (Å²) in [6, 6.07) is 0. The summed E-state index contributed by atoms with van der Waals surface area (Å²) in [6.07, 6.45) is 3.59. The topological polar surface area (TPSA) is 26.3 Å². The maximum Gasteiger partial charge on any atom is 0.330 e. The number of hydrogen-bond acceptors (Lipinski definition) is 2. The van der Waals surface area contributed by atoms with Gasteiger partial charge < -0.3 is 4.74 Å². The molecule has 0 bridgehead atoms. The fraction of sp³-hybridized carbons (Fsp3) is 0.625. The lowest BCUT2D eigenvalue weighted by molar-refractivity contribution is -0.141. The summed E-state index contributed by atoms with van der Waals surface area (Å²) in [5.41, 5.74) is 1.12. The van der Waals surface area contributed by atoms with Gasteiger partial charge in [-0.3, -0.25) is 0 Å². The van der Waals surface area contributed by atoms with E-state index in [1.807, 2.05) is 13.8 Å². The van der Waals surface area contributed by atoms with Gasteiger partial charge in [0.05, 0.1) is 6.10 Å². The first-order valence-corrected chi connectivity index (χ1v) is 3.56. The average Bonchev–Trinajstić information content (AvgIpc) is 1.93. The quantitative estimate of drug-likeness (QED) is 0.478. The van der Waals surface area contributed by atoms with Crippen LogP contribution in [0.1, 0.15) is 26.7 Å². The van der Waals surface area contributed by atoms with Crippen LogP contribution in [0, 0.1) is 0 Å². The van der Waals surface area contributed by atoms with E-state index >= 15 is 0 Å². The smallest absolute Gasteiger partial charge is 0.330 e. The molecule has 1 aliphatic rings. The Morgan fingerprint density at radius 2 is 2.40 bits per heavy atom. The van der Waals surface area contributed by atoms with E-state index in [0.717, 1.165) is 18.4 Å². The van der Waals surface area contributed by atoms with Gasteiger partial charge in [0.1, 0.15) is 0 Å². The predicted molar refractivity (Wildman–Crippen MR) is 38.5 cm³/mol. The zero-order chi connectivity index (χ0) is 7.56. The van der Waals surface area contributed by atoms with Crippen LogP contribution in [-0.4, -0.2) is 12.1 Å². The van der Waals surface area contributed by atoms with Crippen molar-refractivity contribution in [1.29, 1.82) is 0 Å². The van der Waals surface area contributed by atoms with Crippen LogP contribution in [0.3, 0.4) is 0 Å². The van der Waals surface area contributed by atoms with E-state index in [1.165, 1.54) is 0 Å².